The molecule has 3 nitrogen and oxygen atoms in total. The fourth-order valence-electron chi connectivity index (χ4n) is 1.98. The van der Waals surface area contributed by atoms with Crippen LogP contribution in [0.2, 0.25) is 0 Å². The molecule has 0 aliphatic heterocycles. The summed E-state index contributed by atoms with van der Waals surface area (Å²) in [7, 11) is 3.44. The molecule has 0 unspecified atom stereocenters. The molecule has 0 saturated carbocycles. The molecule has 3 heteroatoms. The largest absolute Gasteiger partial charge is 0.368 e. The van der Waals surface area contributed by atoms with Crippen LogP contribution in [0, 0.1) is 5.92 Å². The van der Waals surface area contributed by atoms with E-state index in [0.29, 0.717) is 0 Å². The maximum atomic E-state index is 11.7. The zero-order chi connectivity index (χ0) is 10.8. The van der Waals surface area contributed by atoms with Gasteiger partial charge in [-0.2, -0.15) is 0 Å². The molecule has 15 heavy (non-hydrogen) atoms. The van der Waals surface area contributed by atoms with Gasteiger partial charge in [0.25, 0.3) is 0 Å². The molecule has 80 valence electrons. The van der Waals surface area contributed by atoms with Crippen LogP contribution in [0.5, 0.6) is 0 Å². The first-order valence-corrected chi connectivity index (χ1v) is 5.12. The van der Waals surface area contributed by atoms with Crippen LogP contribution >= 0.6 is 0 Å². The zero-order valence-electron chi connectivity index (χ0n) is 9.06. The average molecular weight is 205 g/mol. The van der Waals surface area contributed by atoms with E-state index in [-0.39, 0.29) is 11.9 Å². The molecule has 0 N–H and O–H groups in total. The summed E-state index contributed by atoms with van der Waals surface area (Å²) in [5.41, 5.74) is 2.55. The second-order valence-electron chi connectivity index (χ2n) is 4.10. The summed E-state index contributed by atoms with van der Waals surface area (Å²) in [4.78, 5) is 16.7. The number of rotatable bonds is 2. The van der Waals surface area contributed by atoms with E-state index in [1.807, 2.05) is 12.1 Å². The second-order valence-corrected chi connectivity index (χ2v) is 4.10. The molecule has 2 rings (SSSR count). The molecule has 0 heterocycles. The van der Waals surface area contributed by atoms with Crippen LogP contribution in [0.1, 0.15) is 11.1 Å². The van der Waals surface area contributed by atoms with Crippen molar-refractivity contribution in [2.75, 3.05) is 14.1 Å². The second kappa shape index (κ2) is 4.03. The van der Waals surface area contributed by atoms with Gasteiger partial charge in [0.2, 0.25) is 0 Å². The molecule has 0 atom stereocenters. The third kappa shape index (κ3) is 2.18. The third-order valence-corrected chi connectivity index (χ3v) is 2.66. The Morgan fingerprint density at radius 1 is 1.27 bits per heavy atom. The zero-order valence-corrected chi connectivity index (χ0v) is 9.06. The maximum absolute atomic E-state index is 11.7. The van der Waals surface area contributed by atoms with Gasteiger partial charge >= 0.3 is 5.97 Å². The monoisotopic (exact) mass is 205 g/mol. The van der Waals surface area contributed by atoms with Crippen LogP contribution < -0.4 is 0 Å². The van der Waals surface area contributed by atoms with Crippen molar-refractivity contribution in [3.63, 3.8) is 0 Å². The van der Waals surface area contributed by atoms with Gasteiger partial charge in [-0.1, -0.05) is 24.3 Å². The Balaban J connectivity index is 2.04. The van der Waals surface area contributed by atoms with Crippen molar-refractivity contribution in [1.82, 2.24) is 5.06 Å². The summed E-state index contributed by atoms with van der Waals surface area (Å²) >= 11 is 0. The van der Waals surface area contributed by atoms with E-state index in [1.54, 1.807) is 14.1 Å². The highest BCUT2D eigenvalue weighted by Crippen LogP contribution is 2.27. The van der Waals surface area contributed by atoms with Crippen molar-refractivity contribution in [2.45, 2.75) is 12.8 Å². The Kier molecular flexibility index (Phi) is 2.73. The van der Waals surface area contributed by atoms with Crippen molar-refractivity contribution in [3.05, 3.63) is 35.4 Å². The van der Waals surface area contributed by atoms with Crippen LogP contribution in [-0.4, -0.2) is 25.1 Å². The maximum Gasteiger partial charge on any atom is 0.328 e. The van der Waals surface area contributed by atoms with Gasteiger partial charge in [-0.25, -0.2) is 0 Å². The van der Waals surface area contributed by atoms with Crippen LogP contribution in [-0.2, 0) is 22.5 Å². The molecular weight excluding hydrogens is 190 g/mol. The molecule has 0 aromatic heterocycles. The van der Waals surface area contributed by atoms with E-state index < -0.39 is 0 Å². The highest BCUT2D eigenvalue weighted by atomic mass is 16.7. The predicted molar refractivity (Wildman–Crippen MR) is 57.1 cm³/mol. The minimum absolute atomic E-state index is 0.00944. The molecule has 1 aliphatic rings. The lowest BCUT2D eigenvalue weighted by atomic mass is 10.1. The predicted octanol–water partition coefficient (Wildman–Crippen LogP) is 1.42. The first kappa shape index (κ1) is 10.2. The van der Waals surface area contributed by atoms with Gasteiger partial charge in [0.05, 0.1) is 5.92 Å². The molecular formula is C12H15NO2. The van der Waals surface area contributed by atoms with E-state index in [4.69, 9.17) is 4.84 Å². The lowest BCUT2D eigenvalue weighted by molar-refractivity contribution is -0.183. The number of hydrogen-bond donors (Lipinski definition) is 0. The van der Waals surface area contributed by atoms with Gasteiger partial charge in [0.15, 0.2) is 0 Å². The van der Waals surface area contributed by atoms with Crippen molar-refractivity contribution >= 4 is 5.97 Å². The minimum atomic E-state index is -0.129. The number of carbonyl (C=O) groups excluding carboxylic acids is 1. The normalized spacial score (nSPS) is 15.4. The Labute approximate surface area is 89.6 Å². The van der Waals surface area contributed by atoms with Crippen LogP contribution in [0.15, 0.2) is 24.3 Å². The average Bonchev–Trinajstić information content (AvgIpc) is 2.59. The first-order valence-electron chi connectivity index (χ1n) is 5.12. The summed E-state index contributed by atoms with van der Waals surface area (Å²) < 4.78 is 0. The van der Waals surface area contributed by atoms with E-state index in [2.05, 4.69) is 12.1 Å². The van der Waals surface area contributed by atoms with Crippen molar-refractivity contribution < 1.29 is 9.63 Å². The fraction of sp³-hybridized carbons (Fsp3) is 0.417. The smallest absolute Gasteiger partial charge is 0.328 e. The molecule has 0 fully saturated rings. The molecule has 1 aromatic rings. The standard InChI is InChI=1S/C12H15NO2/c1-13(2)15-12(14)11-7-9-5-3-4-6-10(9)8-11/h3-6,11H,7-8H2,1-2H3. The van der Waals surface area contributed by atoms with Gasteiger partial charge in [-0.3, -0.25) is 4.79 Å². The Morgan fingerprint density at radius 2 is 1.80 bits per heavy atom. The number of benzene rings is 1. The SMILES string of the molecule is CN(C)OC(=O)C1Cc2ccccc2C1. The lowest BCUT2D eigenvalue weighted by Crippen LogP contribution is -2.25. The van der Waals surface area contributed by atoms with Crippen molar-refractivity contribution in [3.8, 4) is 0 Å². The van der Waals surface area contributed by atoms with Crippen LogP contribution in [0.3, 0.4) is 0 Å². The van der Waals surface area contributed by atoms with Gasteiger partial charge in [-0.15, -0.1) is 5.06 Å². The minimum Gasteiger partial charge on any atom is -0.368 e. The van der Waals surface area contributed by atoms with E-state index in [0.717, 1.165) is 12.8 Å². The molecule has 0 saturated heterocycles. The molecule has 1 aliphatic carbocycles. The molecule has 0 amide bonds. The number of hydroxylamine groups is 2. The highest BCUT2D eigenvalue weighted by molar-refractivity contribution is 5.74. The van der Waals surface area contributed by atoms with Gasteiger partial charge in [-0.05, 0) is 24.0 Å². The van der Waals surface area contributed by atoms with Crippen LogP contribution in [0.25, 0.3) is 0 Å². The highest BCUT2D eigenvalue weighted by Gasteiger charge is 2.28. The summed E-state index contributed by atoms with van der Waals surface area (Å²) in [6.45, 7) is 0. The lowest BCUT2D eigenvalue weighted by Gasteiger charge is -2.13. The number of carbonyl (C=O) groups is 1. The van der Waals surface area contributed by atoms with Gasteiger partial charge in [0, 0.05) is 14.1 Å². The van der Waals surface area contributed by atoms with Crippen molar-refractivity contribution in [2.24, 2.45) is 5.92 Å². The quantitative estimate of drug-likeness (QED) is 0.684. The van der Waals surface area contributed by atoms with Crippen LogP contribution in [0.4, 0.5) is 0 Å². The van der Waals surface area contributed by atoms with Gasteiger partial charge in [0.1, 0.15) is 0 Å². The fourth-order valence-corrected chi connectivity index (χ4v) is 1.98. The summed E-state index contributed by atoms with van der Waals surface area (Å²) in [6.07, 6.45) is 1.62. The molecule has 0 spiro atoms. The number of fused-ring (bicyclic) bond motifs is 1. The third-order valence-electron chi connectivity index (χ3n) is 2.66. The number of nitrogens with zero attached hydrogens (tertiary/aromatic N) is 1. The molecule has 0 bridgehead atoms. The van der Waals surface area contributed by atoms with Crippen molar-refractivity contribution in [1.29, 1.82) is 0 Å². The van der Waals surface area contributed by atoms with E-state index in [9.17, 15) is 4.79 Å². The first-order chi connectivity index (χ1) is 7.16. The number of hydrogen-bond acceptors (Lipinski definition) is 3. The van der Waals surface area contributed by atoms with E-state index in [1.165, 1.54) is 16.2 Å². The topological polar surface area (TPSA) is 29.5 Å². The summed E-state index contributed by atoms with van der Waals surface area (Å²) in [6, 6.07) is 8.19. The Bertz CT molecular complexity index is 349. The summed E-state index contributed by atoms with van der Waals surface area (Å²) in [5, 5.41) is 1.45. The molecule has 1 aromatic carbocycles. The molecule has 0 radical (unpaired) electrons. The Morgan fingerprint density at radius 3 is 2.27 bits per heavy atom. The Hall–Kier alpha value is -1.35. The van der Waals surface area contributed by atoms with E-state index >= 15 is 0 Å². The summed E-state index contributed by atoms with van der Waals surface area (Å²) in [5.74, 6) is -0.138. The van der Waals surface area contributed by atoms with Gasteiger partial charge < -0.3 is 4.84 Å².